The van der Waals surface area contributed by atoms with Crippen molar-refractivity contribution in [1.82, 2.24) is 9.55 Å². The van der Waals surface area contributed by atoms with E-state index in [0.29, 0.717) is 0 Å². The molecule has 18 heavy (non-hydrogen) atoms. The van der Waals surface area contributed by atoms with Gasteiger partial charge in [-0.2, -0.15) is 0 Å². The van der Waals surface area contributed by atoms with E-state index in [1.807, 2.05) is 11.5 Å². The summed E-state index contributed by atoms with van der Waals surface area (Å²) in [5.41, 5.74) is 9.64. The van der Waals surface area contributed by atoms with Crippen molar-refractivity contribution in [2.75, 3.05) is 5.73 Å². The van der Waals surface area contributed by atoms with Crippen molar-refractivity contribution in [2.45, 2.75) is 39.2 Å². The minimum absolute atomic E-state index is 0.772. The van der Waals surface area contributed by atoms with Crippen LogP contribution in [0.1, 0.15) is 37.1 Å². The Balaban J connectivity index is 1.98. The number of aromatic nitrogens is 2. The second-order valence-corrected chi connectivity index (χ2v) is 5.03. The van der Waals surface area contributed by atoms with E-state index >= 15 is 0 Å². The fourth-order valence-corrected chi connectivity index (χ4v) is 2.52. The summed E-state index contributed by atoms with van der Waals surface area (Å²) < 4.78 is 2.05. The average Bonchev–Trinajstić information content (AvgIpc) is 3.17. The Labute approximate surface area is 108 Å². The summed E-state index contributed by atoms with van der Waals surface area (Å²) in [6.45, 7) is 4.96. The normalized spacial score (nSPS) is 15.0. The first-order valence-corrected chi connectivity index (χ1v) is 6.63. The lowest BCUT2D eigenvalue weighted by atomic mass is 10.1. The van der Waals surface area contributed by atoms with Crippen LogP contribution in [0.25, 0.3) is 11.3 Å². The second kappa shape index (κ2) is 4.16. The molecule has 2 aromatic rings. The average molecular weight is 241 g/mol. The van der Waals surface area contributed by atoms with Crippen molar-refractivity contribution >= 4 is 5.82 Å². The zero-order valence-electron chi connectivity index (χ0n) is 11.0. The molecule has 0 atom stereocenters. The summed E-state index contributed by atoms with van der Waals surface area (Å²) in [7, 11) is 0. The fourth-order valence-electron chi connectivity index (χ4n) is 2.52. The van der Waals surface area contributed by atoms with Crippen LogP contribution in [0.5, 0.6) is 0 Å². The minimum Gasteiger partial charge on any atom is -0.383 e. The molecule has 1 aliphatic carbocycles. The van der Waals surface area contributed by atoms with E-state index in [1.54, 1.807) is 0 Å². The summed E-state index contributed by atoms with van der Waals surface area (Å²) in [6, 6.07) is 8.72. The van der Waals surface area contributed by atoms with Crippen LogP contribution in [-0.2, 0) is 6.54 Å². The van der Waals surface area contributed by atoms with Crippen LogP contribution in [0.2, 0.25) is 0 Å². The van der Waals surface area contributed by atoms with Crippen LogP contribution < -0.4 is 5.73 Å². The zero-order chi connectivity index (χ0) is 12.7. The Hall–Kier alpha value is -1.77. The first kappa shape index (κ1) is 11.3. The molecule has 1 aliphatic rings. The highest BCUT2D eigenvalue weighted by Crippen LogP contribution is 2.40. The van der Waals surface area contributed by atoms with Crippen LogP contribution >= 0.6 is 0 Å². The number of aryl methyl sites for hydroxylation is 1. The molecular weight excluding hydrogens is 222 g/mol. The highest BCUT2D eigenvalue weighted by Gasteiger charge is 2.23. The van der Waals surface area contributed by atoms with E-state index in [-0.39, 0.29) is 0 Å². The van der Waals surface area contributed by atoms with Crippen LogP contribution in [0, 0.1) is 6.92 Å². The molecular formula is C15H19N3. The molecule has 3 heteroatoms. The highest BCUT2D eigenvalue weighted by atomic mass is 15.1. The summed E-state index contributed by atoms with van der Waals surface area (Å²) in [5.74, 6) is 2.55. The van der Waals surface area contributed by atoms with Crippen molar-refractivity contribution in [2.24, 2.45) is 0 Å². The number of hydrogen-bond donors (Lipinski definition) is 1. The number of rotatable bonds is 3. The van der Waals surface area contributed by atoms with Gasteiger partial charge in [0.25, 0.3) is 0 Å². The maximum absolute atomic E-state index is 6.16. The Kier molecular flexibility index (Phi) is 2.62. The van der Waals surface area contributed by atoms with E-state index in [9.17, 15) is 0 Å². The monoisotopic (exact) mass is 241 g/mol. The van der Waals surface area contributed by atoms with Gasteiger partial charge in [0, 0.05) is 12.1 Å². The predicted octanol–water partition coefficient (Wildman–Crippen LogP) is 3.34. The van der Waals surface area contributed by atoms with E-state index in [4.69, 9.17) is 5.73 Å². The van der Waals surface area contributed by atoms with E-state index in [1.165, 1.54) is 18.4 Å². The van der Waals surface area contributed by atoms with Gasteiger partial charge in [-0.3, -0.25) is 0 Å². The first-order valence-electron chi connectivity index (χ1n) is 6.63. The standard InChI is InChI=1S/C15H19N3/c1-3-18-10(2)17-14(15(18)16)13-8-6-12(7-9-13)11-4-5-11/h6-9,11H,3-5,16H2,1-2H3. The second-order valence-electron chi connectivity index (χ2n) is 5.03. The molecule has 1 saturated carbocycles. The quantitative estimate of drug-likeness (QED) is 0.895. The molecule has 0 aliphatic heterocycles. The van der Waals surface area contributed by atoms with Crippen LogP contribution in [0.15, 0.2) is 24.3 Å². The molecule has 0 unspecified atom stereocenters. The van der Waals surface area contributed by atoms with Crippen LogP contribution in [-0.4, -0.2) is 9.55 Å². The zero-order valence-corrected chi connectivity index (χ0v) is 11.0. The van der Waals surface area contributed by atoms with E-state index < -0.39 is 0 Å². The van der Waals surface area contributed by atoms with Crippen molar-refractivity contribution in [3.63, 3.8) is 0 Å². The molecule has 1 heterocycles. The van der Waals surface area contributed by atoms with Gasteiger partial charge in [-0.05, 0) is 38.2 Å². The van der Waals surface area contributed by atoms with Crippen molar-refractivity contribution in [3.05, 3.63) is 35.7 Å². The Morgan fingerprint density at radius 2 is 1.94 bits per heavy atom. The number of nitrogens with two attached hydrogens (primary N) is 1. The van der Waals surface area contributed by atoms with Gasteiger partial charge in [-0.25, -0.2) is 4.98 Å². The summed E-state index contributed by atoms with van der Waals surface area (Å²) >= 11 is 0. The minimum atomic E-state index is 0.772. The first-order chi connectivity index (χ1) is 8.70. The van der Waals surface area contributed by atoms with Crippen molar-refractivity contribution in [3.8, 4) is 11.3 Å². The fraction of sp³-hybridized carbons (Fsp3) is 0.400. The number of hydrogen-bond acceptors (Lipinski definition) is 2. The molecule has 0 radical (unpaired) electrons. The summed E-state index contributed by atoms with van der Waals surface area (Å²) in [5, 5.41) is 0. The van der Waals surface area contributed by atoms with Gasteiger partial charge >= 0.3 is 0 Å². The summed E-state index contributed by atoms with van der Waals surface area (Å²) in [4.78, 5) is 4.58. The molecule has 1 aromatic carbocycles. The highest BCUT2D eigenvalue weighted by molar-refractivity contribution is 5.71. The molecule has 3 nitrogen and oxygen atoms in total. The molecule has 0 amide bonds. The maximum Gasteiger partial charge on any atom is 0.131 e. The third-order valence-electron chi connectivity index (χ3n) is 3.75. The van der Waals surface area contributed by atoms with Crippen molar-refractivity contribution in [1.29, 1.82) is 0 Å². The number of nitrogens with zero attached hydrogens (tertiary/aromatic N) is 2. The van der Waals surface area contributed by atoms with Gasteiger partial charge in [0.05, 0.1) is 0 Å². The lowest BCUT2D eigenvalue weighted by molar-refractivity contribution is 0.739. The van der Waals surface area contributed by atoms with Gasteiger partial charge in [0.2, 0.25) is 0 Å². The smallest absolute Gasteiger partial charge is 0.131 e. The van der Waals surface area contributed by atoms with Gasteiger partial charge in [0.15, 0.2) is 0 Å². The Morgan fingerprint density at radius 3 is 2.44 bits per heavy atom. The number of benzene rings is 1. The van der Waals surface area contributed by atoms with Gasteiger partial charge in [-0.15, -0.1) is 0 Å². The number of imidazole rings is 1. The lowest BCUT2D eigenvalue weighted by Crippen LogP contribution is -2.02. The molecule has 0 bridgehead atoms. The molecule has 0 saturated heterocycles. The topological polar surface area (TPSA) is 43.8 Å². The van der Waals surface area contributed by atoms with Gasteiger partial charge < -0.3 is 10.3 Å². The van der Waals surface area contributed by atoms with Crippen LogP contribution in [0.4, 0.5) is 5.82 Å². The predicted molar refractivity (Wildman–Crippen MR) is 74.5 cm³/mol. The molecule has 2 N–H and O–H groups in total. The van der Waals surface area contributed by atoms with Gasteiger partial charge in [-0.1, -0.05) is 24.3 Å². The molecule has 1 aromatic heterocycles. The molecule has 0 spiro atoms. The largest absolute Gasteiger partial charge is 0.383 e. The lowest BCUT2D eigenvalue weighted by Gasteiger charge is -2.04. The number of nitrogen functional groups attached to an aromatic ring is 1. The van der Waals surface area contributed by atoms with E-state index in [0.717, 1.165) is 35.4 Å². The third kappa shape index (κ3) is 1.80. The number of anilines is 1. The molecule has 3 rings (SSSR count). The van der Waals surface area contributed by atoms with Crippen LogP contribution in [0.3, 0.4) is 0 Å². The summed E-state index contributed by atoms with van der Waals surface area (Å²) in [6.07, 6.45) is 2.68. The third-order valence-corrected chi connectivity index (χ3v) is 3.75. The van der Waals surface area contributed by atoms with E-state index in [2.05, 4.69) is 36.2 Å². The maximum atomic E-state index is 6.16. The SMILES string of the molecule is CCn1c(C)nc(-c2ccc(C3CC3)cc2)c1N. The molecule has 94 valence electrons. The molecule has 1 fully saturated rings. The Morgan fingerprint density at radius 1 is 1.28 bits per heavy atom. The Bertz CT molecular complexity index is 562. The van der Waals surface area contributed by atoms with Gasteiger partial charge in [0.1, 0.15) is 17.3 Å². The van der Waals surface area contributed by atoms with Crippen molar-refractivity contribution < 1.29 is 0 Å².